The molecule has 3 N–H and O–H groups in total. The fraction of sp³-hybridized carbons (Fsp3) is 1.00. The zero-order valence-electron chi connectivity index (χ0n) is 8.02. The lowest BCUT2D eigenvalue weighted by atomic mass is 10.3. The van der Waals surface area contributed by atoms with E-state index in [0.717, 1.165) is 0 Å². The molecule has 0 aromatic heterocycles. The first-order valence-electron chi connectivity index (χ1n) is 4.20. The number of hydrogen-bond acceptors (Lipinski definition) is 2. The summed E-state index contributed by atoms with van der Waals surface area (Å²) in [6.07, 6.45) is 3.88. The van der Waals surface area contributed by atoms with Crippen LogP contribution in [-0.2, 0) is 0 Å². The molecule has 0 radical (unpaired) electrons. The predicted octanol–water partition coefficient (Wildman–Crippen LogP) is 1.78. The molecule has 0 bridgehead atoms. The monoisotopic (exact) mass is 182 g/mol. The van der Waals surface area contributed by atoms with Crippen molar-refractivity contribution in [1.82, 2.24) is 5.32 Å². The SMILES string of the molecule is CCCCNCCC.CN.Cl. The first kappa shape index (κ1) is 17.3. The molecule has 0 aliphatic rings. The van der Waals surface area contributed by atoms with Crippen LogP contribution >= 0.6 is 12.4 Å². The average molecular weight is 183 g/mol. The summed E-state index contributed by atoms with van der Waals surface area (Å²) in [5.41, 5.74) is 4.50. The van der Waals surface area contributed by atoms with E-state index in [1.807, 2.05) is 0 Å². The molecule has 0 amide bonds. The normalized spacial score (nSPS) is 7.64. The van der Waals surface area contributed by atoms with Crippen molar-refractivity contribution in [1.29, 1.82) is 0 Å². The van der Waals surface area contributed by atoms with Gasteiger partial charge in [0.1, 0.15) is 0 Å². The molecule has 0 atom stereocenters. The minimum absolute atomic E-state index is 0. The highest BCUT2D eigenvalue weighted by molar-refractivity contribution is 5.85. The molecule has 0 unspecified atom stereocenters. The number of hydrogen-bond donors (Lipinski definition) is 2. The van der Waals surface area contributed by atoms with Crippen LogP contribution in [0, 0.1) is 0 Å². The van der Waals surface area contributed by atoms with E-state index in [0.29, 0.717) is 0 Å². The quantitative estimate of drug-likeness (QED) is 0.637. The standard InChI is InChI=1S/C7H17N.CH5N.ClH/c1-3-5-7-8-6-4-2;1-2;/h8H,3-7H2,1-2H3;2H2,1H3;1H. The van der Waals surface area contributed by atoms with Crippen LogP contribution in [0.15, 0.2) is 0 Å². The van der Waals surface area contributed by atoms with Gasteiger partial charge in [0.2, 0.25) is 0 Å². The number of nitrogens with two attached hydrogens (primary N) is 1. The van der Waals surface area contributed by atoms with Gasteiger partial charge in [0, 0.05) is 0 Å². The second-order valence-electron chi connectivity index (χ2n) is 2.10. The summed E-state index contributed by atoms with van der Waals surface area (Å²) < 4.78 is 0. The van der Waals surface area contributed by atoms with E-state index in [4.69, 9.17) is 0 Å². The molecule has 0 saturated carbocycles. The molecule has 0 aromatic rings. The maximum Gasteiger partial charge on any atom is -0.00490 e. The first-order chi connectivity index (χ1) is 4.91. The molecule has 0 heterocycles. The summed E-state index contributed by atoms with van der Waals surface area (Å²) in [5.74, 6) is 0. The molecular formula is C8H23ClN2. The Morgan fingerprint density at radius 2 is 1.55 bits per heavy atom. The van der Waals surface area contributed by atoms with Crippen molar-refractivity contribution in [2.24, 2.45) is 5.73 Å². The van der Waals surface area contributed by atoms with Gasteiger partial charge in [-0.25, -0.2) is 0 Å². The second kappa shape index (κ2) is 22.5. The molecule has 0 spiro atoms. The minimum Gasteiger partial charge on any atom is -0.333 e. The lowest BCUT2D eigenvalue weighted by Gasteiger charge is -1.98. The van der Waals surface area contributed by atoms with Gasteiger partial charge < -0.3 is 11.1 Å². The van der Waals surface area contributed by atoms with E-state index in [-0.39, 0.29) is 12.4 Å². The number of rotatable bonds is 5. The van der Waals surface area contributed by atoms with Gasteiger partial charge >= 0.3 is 0 Å². The molecule has 0 aliphatic carbocycles. The van der Waals surface area contributed by atoms with Gasteiger partial charge in [0.15, 0.2) is 0 Å². The van der Waals surface area contributed by atoms with E-state index in [1.54, 1.807) is 0 Å². The number of nitrogens with one attached hydrogen (secondary N) is 1. The summed E-state index contributed by atoms with van der Waals surface area (Å²) >= 11 is 0. The van der Waals surface area contributed by atoms with Gasteiger partial charge in [-0.05, 0) is 33.0 Å². The molecule has 11 heavy (non-hydrogen) atoms. The van der Waals surface area contributed by atoms with Crippen molar-refractivity contribution in [3.63, 3.8) is 0 Å². The van der Waals surface area contributed by atoms with E-state index in [9.17, 15) is 0 Å². The van der Waals surface area contributed by atoms with Crippen molar-refractivity contribution in [2.75, 3.05) is 20.1 Å². The Morgan fingerprint density at radius 3 is 1.91 bits per heavy atom. The van der Waals surface area contributed by atoms with Crippen molar-refractivity contribution >= 4 is 12.4 Å². The summed E-state index contributed by atoms with van der Waals surface area (Å²) in [5, 5.41) is 3.34. The maximum atomic E-state index is 4.50. The van der Waals surface area contributed by atoms with Gasteiger partial charge in [-0.1, -0.05) is 20.3 Å². The number of halogens is 1. The minimum atomic E-state index is 0. The Balaban J connectivity index is -0.000000196. The lowest BCUT2D eigenvalue weighted by molar-refractivity contribution is 0.633. The largest absolute Gasteiger partial charge is 0.333 e. The molecular weight excluding hydrogens is 160 g/mol. The Labute approximate surface area is 77.3 Å². The van der Waals surface area contributed by atoms with Crippen LogP contribution < -0.4 is 11.1 Å². The topological polar surface area (TPSA) is 38.0 Å². The predicted molar refractivity (Wildman–Crippen MR) is 55.4 cm³/mol. The summed E-state index contributed by atoms with van der Waals surface area (Å²) in [7, 11) is 1.50. The molecule has 72 valence electrons. The molecule has 0 fully saturated rings. The van der Waals surface area contributed by atoms with Crippen molar-refractivity contribution in [3.05, 3.63) is 0 Å². The van der Waals surface area contributed by atoms with Crippen LogP contribution in [0.5, 0.6) is 0 Å². The van der Waals surface area contributed by atoms with Crippen LogP contribution in [0.1, 0.15) is 33.1 Å². The fourth-order valence-electron chi connectivity index (χ4n) is 0.604. The highest BCUT2D eigenvalue weighted by Gasteiger charge is 1.80. The van der Waals surface area contributed by atoms with Crippen molar-refractivity contribution < 1.29 is 0 Å². The van der Waals surface area contributed by atoms with Gasteiger partial charge in [-0.2, -0.15) is 0 Å². The summed E-state index contributed by atoms with van der Waals surface area (Å²) in [6, 6.07) is 0. The highest BCUT2D eigenvalue weighted by atomic mass is 35.5. The van der Waals surface area contributed by atoms with Crippen molar-refractivity contribution in [2.45, 2.75) is 33.1 Å². The van der Waals surface area contributed by atoms with E-state index in [2.05, 4.69) is 24.9 Å². The molecule has 0 rings (SSSR count). The third-order valence-electron chi connectivity index (χ3n) is 1.13. The van der Waals surface area contributed by atoms with Gasteiger partial charge in [-0.15, -0.1) is 12.4 Å². The first-order valence-corrected chi connectivity index (χ1v) is 4.20. The van der Waals surface area contributed by atoms with Gasteiger partial charge in [-0.3, -0.25) is 0 Å². The van der Waals surface area contributed by atoms with Crippen molar-refractivity contribution in [3.8, 4) is 0 Å². The van der Waals surface area contributed by atoms with Crippen LogP contribution in [0.3, 0.4) is 0 Å². The summed E-state index contributed by atoms with van der Waals surface area (Å²) in [6.45, 7) is 6.79. The van der Waals surface area contributed by atoms with Crippen LogP contribution in [0.2, 0.25) is 0 Å². The van der Waals surface area contributed by atoms with Crippen LogP contribution in [0.25, 0.3) is 0 Å². The molecule has 0 aliphatic heterocycles. The maximum absolute atomic E-state index is 4.50. The van der Waals surface area contributed by atoms with E-state index >= 15 is 0 Å². The van der Waals surface area contributed by atoms with Crippen LogP contribution in [-0.4, -0.2) is 20.1 Å². The smallest absolute Gasteiger partial charge is 0.00490 e. The highest BCUT2D eigenvalue weighted by Crippen LogP contribution is 1.81. The zero-order valence-corrected chi connectivity index (χ0v) is 8.84. The van der Waals surface area contributed by atoms with E-state index in [1.165, 1.54) is 39.4 Å². The number of unbranched alkanes of at least 4 members (excludes halogenated alkanes) is 1. The molecule has 3 heteroatoms. The fourth-order valence-corrected chi connectivity index (χ4v) is 0.604. The Bertz CT molecular complexity index is 37.1. The zero-order chi connectivity index (χ0) is 8.24. The lowest BCUT2D eigenvalue weighted by Crippen LogP contribution is -2.15. The molecule has 0 saturated heterocycles. The average Bonchev–Trinajstić information content (AvgIpc) is 2.02. The Kier molecular flexibility index (Phi) is 35.4. The molecule has 2 nitrogen and oxygen atoms in total. The third-order valence-corrected chi connectivity index (χ3v) is 1.13. The van der Waals surface area contributed by atoms with Gasteiger partial charge in [0.05, 0.1) is 0 Å². The summed E-state index contributed by atoms with van der Waals surface area (Å²) in [4.78, 5) is 0. The third kappa shape index (κ3) is 25.4. The molecule has 0 aromatic carbocycles. The van der Waals surface area contributed by atoms with E-state index < -0.39 is 0 Å². The Morgan fingerprint density at radius 1 is 1.00 bits per heavy atom. The second-order valence-corrected chi connectivity index (χ2v) is 2.10. The Hall–Kier alpha value is 0.210. The van der Waals surface area contributed by atoms with Crippen LogP contribution in [0.4, 0.5) is 0 Å². The van der Waals surface area contributed by atoms with Gasteiger partial charge in [0.25, 0.3) is 0 Å².